The predicted molar refractivity (Wildman–Crippen MR) is 70.5 cm³/mol. The van der Waals surface area contributed by atoms with Gasteiger partial charge in [-0.25, -0.2) is 4.79 Å². The number of hydrogen-bond acceptors (Lipinski definition) is 2. The number of carboxylic acid groups (broad SMARTS) is 1. The fourth-order valence-corrected chi connectivity index (χ4v) is 2.15. The molecule has 5 heteroatoms. The van der Waals surface area contributed by atoms with E-state index in [1.807, 2.05) is 0 Å². The summed E-state index contributed by atoms with van der Waals surface area (Å²) in [4.78, 5) is 10.9. The molecule has 2 N–H and O–H groups in total. The molecule has 0 spiro atoms. The molecule has 0 saturated carbocycles. The maximum atomic E-state index is 10.9. The zero-order chi connectivity index (χ0) is 13.3. The summed E-state index contributed by atoms with van der Waals surface area (Å²) in [5, 5.41) is 19.3. The van der Waals surface area contributed by atoms with E-state index in [4.69, 9.17) is 28.3 Å². The molecular formula is C13H8Cl2O3. The topological polar surface area (TPSA) is 57.5 Å². The first-order valence-electron chi connectivity index (χ1n) is 4.99. The van der Waals surface area contributed by atoms with Crippen molar-refractivity contribution in [1.82, 2.24) is 0 Å². The van der Waals surface area contributed by atoms with Crippen LogP contribution in [0.5, 0.6) is 5.75 Å². The fourth-order valence-electron chi connectivity index (χ4n) is 1.62. The lowest BCUT2D eigenvalue weighted by Gasteiger charge is -2.06. The number of rotatable bonds is 2. The van der Waals surface area contributed by atoms with Gasteiger partial charge < -0.3 is 10.2 Å². The number of phenolic OH excluding ortho intramolecular Hbond substituents is 1. The van der Waals surface area contributed by atoms with E-state index in [-0.39, 0.29) is 11.3 Å². The highest BCUT2D eigenvalue weighted by atomic mass is 35.5. The third kappa shape index (κ3) is 2.75. The van der Waals surface area contributed by atoms with Gasteiger partial charge in [0.2, 0.25) is 0 Å². The Morgan fingerprint density at radius 1 is 0.889 bits per heavy atom. The lowest BCUT2D eigenvalue weighted by Crippen LogP contribution is -1.96. The number of carbonyl (C=O) groups is 1. The van der Waals surface area contributed by atoms with Crippen molar-refractivity contribution in [3.63, 3.8) is 0 Å². The number of hydrogen-bond donors (Lipinski definition) is 2. The highest BCUT2D eigenvalue weighted by Crippen LogP contribution is 2.30. The van der Waals surface area contributed by atoms with Crippen LogP contribution in [0.15, 0.2) is 36.4 Å². The molecule has 0 fully saturated rings. The van der Waals surface area contributed by atoms with Crippen LogP contribution in [0.2, 0.25) is 10.0 Å². The number of benzene rings is 2. The molecule has 0 heterocycles. The van der Waals surface area contributed by atoms with Gasteiger partial charge in [0.15, 0.2) is 0 Å². The number of aromatic hydroxyl groups is 1. The van der Waals surface area contributed by atoms with E-state index in [1.54, 1.807) is 18.2 Å². The second kappa shape index (κ2) is 4.88. The molecule has 0 aromatic heterocycles. The van der Waals surface area contributed by atoms with E-state index in [1.165, 1.54) is 18.2 Å². The van der Waals surface area contributed by atoms with Gasteiger partial charge in [0.25, 0.3) is 0 Å². The van der Waals surface area contributed by atoms with Crippen LogP contribution in [0, 0.1) is 0 Å². The van der Waals surface area contributed by atoms with Crippen LogP contribution in [-0.4, -0.2) is 16.2 Å². The highest BCUT2D eigenvalue weighted by Gasteiger charge is 2.09. The maximum absolute atomic E-state index is 10.9. The van der Waals surface area contributed by atoms with Crippen LogP contribution in [-0.2, 0) is 0 Å². The minimum atomic E-state index is -1.11. The van der Waals surface area contributed by atoms with Crippen LogP contribution in [0.3, 0.4) is 0 Å². The molecule has 0 aliphatic heterocycles. The summed E-state index contributed by atoms with van der Waals surface area (Å²) in [6.07, 6.45) is 0. The smallest absolute Gasteiger partial charge is 0.335 e. The Morgan fingerprint density at radius 3 is 2.00 bits per heavy atom. The van der Waals surface area contributed by atoms with Crippen LogP contribution in [0.4, 0.5) is 0 Å². The van der Waals surface area contributed by atoms with E-state index in [9.17, 15) is 9.90 Å². The summed E-state index contributed by atoms with van der Waals surface area (Å²) in [7, 11) is 0. The average Bonchev–Trinajstić information content (AvgIpc) is 2.26. The van der Waals surface area contributed by atoms with Crippen molar-refractivity contribution in [1.29, 1.82) is 0 Å². The Kier molecular flexibility index (Phi) is 3.45. The molecule has 92 valence electrons. The predicted octanol–water partition coefficient (Wildman–Crippen LogP) is 4.06. The van der Waals surface area contributed by atoms with Gasteiger partial charge in [0, 0.05) is 10.0 Å². The molecule has 0 radical (unpaired) electrons. The zero-order valence-corrected chi connectivity index (χ0v) is 10.5. The summed E-state index contributed by atoms with van der Waals surface area (Å²) in [6.45, 7) is 0. The molecular weight excluding hydrogens is 275 g/mol. The molecule has 0 unspecified atom stereocenters. The number of phenols is 1. The van der Waals surface area contributed by atoms with Crippen molar-refractivity contribution >= 4 is 29.2 Å². The van der Waals surface area contributed by atoms with E-state index >= 15 is 0 Å². The van der Waals surface area contributed by atoms with Crippen LogP contribution >= 0.6 is 23.2 Å². The van der Waals surface area contributed by atoms with E-state index in [2.05, 4.69) is 0 Å². The minimum Gasteiger partial charge on any atom is -0.508 e. The molecule has 18 heavy (non-hydrogen) atoms. The molecule has 0 aliphatic rings. The summed E-state index contributed by atoms with van der Waals surface area (Å²) in [6, 6.07) is 8.95. The summed E-state index contributed by atoms with van der Waals surface area (Å²) < 4.78 is 0. The molecule has 2 aromatic rings. The van der Waals surface area contributed by atoms with Crippen molar-refractivity contribution < 1.29 is 15.0 Å². The largest absolute Gasteiger partial charge is 0.508 e. The molecule has 3 nitrogen and oxygen atoms in total. The fraction of sp³-hybridized carbons (Fsp3) is 0. The van der Waals surface area contributed by atoms with E-state index in [0.717, 1.165) is 0 Å². The Bertz CT molecular complexity index is 603. The van der Waals surface area contributed by atoms with Gasteiger partial charge >= 0.3 is 5.97 Å². The van der Waals surface area contributed by atoms with Gasteiger partial charge in [0.05, 0.1) is 5.56 Å². The normalized spacial score (nSPS) is 10.3. The summed E-state index contributed by atoms with van der Waals surface area (Å²) in [5.74, 6) is -1.23. The van der Waals surface area contributed by atoms with Crippen molar-refractivity contribution in [3.8, 4) is 16.9 Å². The molecule has 0 amide bonds. The molecule has 2 aromatic carbocycles. The first kappa shape index (κ1) is 12.7. The first-order chi connectivity index (χ1) is 8.45. The number of halogens is 2. The van der Waals surface area contributed by atoms with Gasteiger partial charge in [0.1, 0.15) is 5.75 Å². The monoisotopic (exact) mass is 282 g/mol. The standard InChI is InChI=1S/C13H8Cl2O3/c14-10-2-8(3-11(15)6-10)7-1-9(13(17)18)5-12(16)4-7/h1-6,16H,(H,17,18). The second-order valence-corrected chi connectivity index (χ2v) is 4.60. The number of aromatic carboxylic acids is 1. The third-order valence-electron chi connectivity index (χ3n) is 2.36. The summed E-state index contributed by atoms with van der Waals surface area (Å²) >= 11 is 11.8. The zero-order valence-electron chi connectivity index (χ0n) is 9.02. The molecule has 2 rings (SSSR count). The second-order valence-electron chi connectivity index (χ2n) is 3.73. The number of carboxylic acids is 1. The van der Waals surface area contributed by atoms with Crippen molar-refractivity contribution in [2.45, 2.75) is 0 Å². The Hall–Kier alpha value is -1.71. The highest BCUT2D eigenvalue weighted by molar-refractivity contribution is 6.35. The molecule has 0 aliphatic carbocycles. The maximum Gasteiger partial charge on any atom is 0.335 e. The van der Waals surface area contributed by atoms with Crippen LogP contribution < -0.4 is 0 Å². The molecule has 0 bridgehead atoms. The minimum absolute atomic E-state index is 0.00102. The SMILES string of the molecule is O=C(O)c1cc(O)cc(-c2cc(Cl)cc(Cl)c2)c1. The van der Waals surface area contributed by atoms with Crippen molar-refractivity contribution in [3.05, 3.63) is 52.0 Å². The van der Waals surface area contributed by atoms with E-state index in [0.29, 0.717) is 21.2 Å². The van der Waals surface area contributed by atoms with Gasteiger partial charge in [-0.1, -0.05) is 23.2 Å². The Balaban J connectivity index is 2.59. The van der Waals surface area contributed by atoms with Crippen molar-refractivity contribution in [2.24, 2.45) is 0 Å². The summed E-state index contributed by atoms with van der Waals surface area (Å²) in [5.41, 5.74) is 1.18. The first-order valence-corrected chi connectivity index (χ1v) is 5.75. The van der Waals surface area contributed by atoms with Gasteiger partial charge in [-0.15, -0.1) is 0 Å². The van der Waals surface area contributed by atoms with E-state index < -0.39 is 5.97 Å². The van der Waals surface area contributed by atoms with Crippen LogP contribution in [0.1, 0.15) is 10.4 Å². The average molecular weight is 283 g/mol. The van der Waals surface area contributed by atoms with Crippen LogP contribution in [0.25, 0.3) is 11.1 Å². The third-order valence-corrected chi connectivity index (χ3v) is 2.80. The lowest BCUT2D eigenvalue weighted by molar-refractivity contribution is 0.0696. The van der Waals surface area contributed by atoms with Crippen molar-refractivity contribution in [2.75, 3.05) is 0 Å². The molecule has 0 atom stereocenters. The van der Waals surface area contributed by atoms with Gasteiger partial charge in [-0.05, 0) is 47.5 Å². The van der Waals surface area contributed by atoms with Gasteiger partial charge in [-0.3, -0.25) is 0 Å². The van der Waals surface area contributed by atoms with Gasteiger partial charge in [-0.2, -0.15) is 0 Å². The Labute approximate surface area is 113 Å². The Morgan fingerprint density at radius 2 is 1.44 bits per heavy atom. The lowest BCUT2D eigenvalue weighted by atomic mass is 10.0. The molecule has 0 saturated heterocycles. The quantitative estimate of drug-likeness (QED) is 0.873.